The van der Waals surface area contributed by atoms with Gasteiger partial charge < -0.3 is 4.98 Å². The van der Waals surface area contributed by atoms with Gasteiger partial charge in [0, 0.05) is 0 Å². The average Bonchev–Trinajstić information content (AvgIpc) is 2.95. The van der Waals surface area contributed by atoms with Crippen molar-refractivity contribution in [3.8, 4) is 10.7 Å². The van der Waals surface area contributed by atoms with Crippen LogP contribution in [0, 0.1) is 0 Å². The summed E-state index contributed by atoms with van der Waals surface area (Å²) in [6.45, 7) is 0. The van der Waals surface area contributed by atoms with Crippen LogP contribution >= 0.6 is 34.5 Å². The van der Waals surface area contributed by atoms with Gasteiger partial charge in [-0.3, -0.25) is 4.79 Å². The number of aromatic nitrogens is 2. The molecule has 6 heteroatoms. The van der Waals surface area contributed by atoms with Crippen molar-refractivity contribution in [2.24, 2.45) is 0 Å². The number of aldehydes is 1. The van der Waals surface area contributed by atoms with Crippen molar-refractivity contribution in [3.63, 3.8) is 0 Å². The first kappa shape index (κ1) is 11.7. The number of hydrogen-bond donors (Lipinski definition) is 1. The molecule has 90 valence electrons. The number of aromatic amines is 1. The Bertz CT molecular complexity index is 709. The van der Waals surface area contributed by atoms with Crippen LogP contribution in [0.5, 0.6) is 0 Å². The van der Waals surface area contributed by atoms with Gasteiger partial charge in [-0.05, 0) is 24.3 Å². The van der Waals surface area contributed by atoms with Gasteiger partial charge in [0.15, 0.2) is 6.29 Å². The minimum atomic E-state index is 0.474. The van der Waals surface area contributed by atoms with E-state index in [9.17, 15) is 4.79 Å². The van der Waals surface area contributed by atoms with Crippen LogP contribution in [-0.4, -0.2) is 16.3 Å². The van der Waals surface area contributed by atoms with Crippen LogP contribution in [0.1, 0.15) is 9.67 Å². The van der Waals surface area contributed by atoms with E-state index in [0.717, 1.165) is 22.2 Å². The molecule has 0 saturated carbocycles. The van der Waals surface area contributed by atoms with Crippen LogP contribution in [0.3, 0.4) is 0 Å². The van der Waals surface area contributed by atoms with E-state index in [2.05, 4.69) is 9.97 Å². The number of nitrogens with one attached hydrogen (secondary N) is 1. The number of halogens is 2. The van der Waals surface area contributed by atoms with Gasteiger partial charge >= 0.3 is 0 Å². The number of nitrogens with zero attached hydrogens (tertiary/aromatic N) is 1. The van der Waals surface area contributed by atoms with E-state index in [-0.39, 0.29) is 0 Å². The van der Waals surface area contributed by atoms with Gasteiger partial charge in [0.2, 0.25) is 0 Å². The molecular formula is C12H6Cl2N2OS. The molecule has 2 aromatic heterocycles. The molecule has 0 spiro atoms. The maximum atomic E-state index is 10.7. The molecule has 0 aliphatic rings. The highest BCUT2D eigenvalue weighted by atomic mass is 35.5. The Labute approximate surface area is 116 Å². The number of imidazole rings is 1. The van der Waals surface area contributed by atoms with Crippen LogP contribution in [0.2, 0.25) is 10.0 Å². The third-order valence-electron chi connectivity index (χ3n) is 2.50. The summed E-state index contributed by atoms with van der Waals surface area (Å²) in [5.41, 5.74) is 1.57. The SMILES string of the molecule is O=Cc1ccc(-c2nc3cc(Cl)c(Cl)cc3[nH]2)s1. The van der Waals surface area contributed by atoms with Crippen molar-refractivity contribution < 1.29 is 4.79 Å². The van der Waals surface area contributed by atoms with E-state index in [4.69, 9.17) is 23.2 Å². The first-order chi connectivity index (χ1) is 8.67. The molecule has 0 radical (unpaired) electrons. The van der Waals surface area contributed by atoms with Crippen LogP contribution in [0.25, 0.3) is 21.7 Å². The molecule has 0 atom stereocenters. The largest absolute Gasteiger partial charge is 0.337 e. The predicted molar refractivity (Wildman–Crippen MR) is 74.8 cm³/mol. The molecule has 3 rings (SSSR count). The lowest BCUT2D eigenvalue weighted by atomic mass is 10.3. The molecule has 1 N–H and O–H groups in total. The topological polar surface area (TPSA) is 45.8 Å². The van der Waals surface area contributed by atoms with Gasteiger partial charge in [-0.2, -0.15) is 0 Å². The fraction of sp³-hybridized carbons (Fsp3) is 0. The molecule has 3 nitrogen and oxygen atoms in total. The van der Waals surface area contributed by atoms with E-state index in [1.165, 1.54) is 11.3 Å². The second kappa shape index (κ2) is 4.39. The lowest BCUT2D eigenvalue weighted by molar-refractivity contribution is 0.112. The molecule has 0 fully saturated rings. The molecule has 0 saturated heterocycles. The Balaban J connectivity index is 2.15. The van der Waals surface area contributed by atoms with Gasteiger partial charge in [0.1, 0.15) is 5.82 Å². The molecule has 0 amide bonds. The van der Waals surface area contributed by atoms with E-state index >= 15 is 0 Å². The highest BCUT2D eigenvalue weighted by Crippen LogP contribution is 2.30. The van der Waals surface area contributed by atoms with Crippen molar-refractivity contribution in [1.82, 2.24) is 9.97 Å². The van der Waals surface area contributed by atoms with Crippen LogP contribution in [0.4, 0.5) is 0 Å². The van der Waals surface area contributed by atoms with Gasteiger partial charge in [0.25, 0.3) is 0 Å². The van der Waals surface area contributed by atoms with Crippen LogP contribution < -0.4 is 0 Å². The molecule has 0 bridgehead atoms. The zero-order valence-electron chi connectivity index (χ0n) is 8.91. The third-order valence-corrected chi connectivity index (χ3v) is 4.24. The number of rotatable bonds is 2. The Morgan fingerprint density at radius 3 is 2.72 bits per heavy atom. The van der Waals surface area contributed by atoms with Crippen molar-refractivity contribution in [2.75, 3.05) is 0 Å². The number of hydrogen-bond acceptors (Lipinski definition) is 3. The quantitative estimate of drug-likeness (QED) is 0.712. The van der Waals surface area contributed by atoms with E-state index < -0.39 is 0 Å². The summed E-state index contributed by atoms with van der Waals surface area (Å²) in [4.78, 5) is 19.8. The molecule has 0 unspecified atom stereocenters. The van der Waals surface area contributed by atoms with Gasteiger partial charge in [-0.25, -0.2) is 4.98 Å². The third kappa shape index (κ3) is 1.92. The molecule has 3 aromatic rings. The number of benzene rings is 1. The van der Waals surface area contributed by atoms with Crippen molar-refractivity contribution >= 4 is 51.9 Å². The Hall–Kier alpha value is -1.36. The first-order valence-corrected chi connectivity index (χ1v) is 6.65. The Morgan fingerprint density at radius 2 is 2.00 bits per heavy atom. The molecule has 2 heterocycles. The van der Waals surface area contributed by atoms with Crippen LogP contribution in [-0.2, 0) is 0 Å². The standard InChI is InChI=1S/C12H6Cl2N2OS/c13-7-3-9-10(4-8(7)14)16-12(15-9)11-2-1-6(5-17)18-11/h1-5H,(H,15,16). The summed E-state index contributed by atoms with van der Waals surface area (Å²) in [7, 11) is 0. The number of fused-ring (bicyclic) bond motifs is 1. The fourth-order valence-electron chi connectivity index (χ4n) is 1.67. The highest BCUT2D eigenvalue weighted by molar-refractivity contribution is 7.16. The summed E-state index contributed by atoms with van der Waals surface area (Å²) in [5, 5.41) is 0.959. The second-order valence-corrected chi connectivity index (χ2v) is 5.62. The molecule has 0 aliphatic carbocycles. The molecule has 18 heavy (non-hydrogen) atoms. The summed E-state index contributed by atoms with van der Waals surface area (Å²) in [6, 6.07) is 7.08. The monoisotopic (exact) mass is 296 g/mol. The van der Waals surface area contributed by atoms with Gasteiger partial charge in [-0.1, -0.05) is 23.2 Å². The van der Waals surface area contributed by atoms with Crippen molar-refractivity contribution in [1.29, 1.82) is 0 Å². The first-order valence-electron chi connectivity index (χ1n) is 5.07. The lowest BCUT2D eigenvalue weighted by Gasteiger charge is -1.93. The number of thiophene rings is 1. The molecular weight excluding hydrogens is 291 g/mol. The number of carbonyl (C=O) groups excluding carboxylic acids is 1. The zero-order valence-corrected chi connectivity index (χ0v) is 11.2. The number of H-pyrrole nitrogens is 1. The minimum Gasteiger partial charge on any atom is -0.337 e. The lowest BCUT2D eigenvalue weighted by Crippen LogP contribution is -1.72. The highest BCUT2D eigenvalue weighted by Gasteiger charge is 2.10. The van der Waals surface area contributed by atoms with E-state index in [1.807, 2.05) is 6.07 Å². The second-order valence-electron chi connectivity index (χ2n) is 3.69. The fourth-order valence-corrected chi connectivity index (χ4v) is 2.75. The Morgan fingerprint density at radius 1 is 1.22 bits per heavy atom. The Kier molecular flexibility index (Phi) is 2.86. The van der Waals surface area contributed by atoms with Crippen LogP contribution in [0.15, 0.2) is 24.3 Å². The summed E-state index contributed by atoms with van der Waals surface area (Å²) in [5.74, 6) is 0.710. The van der Waals surface area contributed by atoms with E-state index in [0.29, 0.717) is 20.7 Å². The smallest absolute Gasteiger partial charge is 0.160 e. The summed E-state index contributed by atoms with van der Waals surface area (Å²) >= 11 is 13.3. The zero-order chi connectivity index (χ0) is 12.7. The summed E-state index contributed by atoms with van der Waals surface area (Å²) in [6.07, 6.45) is 0.824. The average molecular weight is 297 g/mol. The molecule has 1 aromatic carbocycles. The predicted octanol–water partition coefficient (Wildman–Crippen LogP) is 4.41. The van der Waals surface area contributed by atoms with E-state index in [1.54, 1.807) is 18.2 Å². The van der Waals surface area contributed by atoms with Crippen molar-refractivity contribution in [2.45, 2.75) is 0 Å². The normalized spacial score (nSPS) is 11.0. The van der Waals surface area contributed by atoms with Gasteiger partial charge in [0.05, 0.1) is 30.8 Å². The minimum absolute atomic E-state index is 0.474. The maximum Gasteiger partial charge on any atom is 0.160 e. The van der Waals surface area contributed by atoms with Crippen molar-refractivity contribution in [3.05, 3.63) is 39.2 Å². The molecule has 0 aliphatic heterocycles. The summed E-state index contributed by atoms with van der Waals surface area (Å²) < 4.78 is 0. The number of carbonyl (C=O) groups is 1. The maximum absolute atomic E-state index is 10.7. The van der Waals surface area contributed by atoms with Gasteiger partial charge in [-0.15, -0.1) is 11.3 Å².